The number of carbonyl (C=O) groups excluding carboxylic acids is 1. The van der Waals surface area contributed by atoms with Gasteiger partial charge in [0.1, 0.15) is 0 Å². The highest BCUT2D eigenvalue weighted by atomic mass is 32.2. The first-order valence-electron chi connectivity index (χ1n) is 8.13. The van der Waals surface area contributed by atoms with Crippen molar-refractivity contribution >= 4 is 15.7 Å². The summed E-state index contributed by atoms with van der Waals surface area (Å²) in [5.41, 5.74) is 2.96. The lowest BCUT2D eigenvalue weighted by Crippen LogP contribution is -2.33. The van der Waals surface area contributed by atoms with E-state index in [1.807, 2.05) is 43.3 Å². The normalized spacial score (nSPS) is 23.8. The third-order valence-electron chi connectivity index (χ3n) is 5.25. The number of sulfone groups is 1. The Hall–Kier alpha value is -2.14. The molecule has 0 spiro atoms. The molecule has 0 N–H and O–H groups in total. The second-order valence-corrected chi connectivity index (χ2v) is 8.77. The molecule has 4 nitrogen and oxygen atoms in total. The predicted molar refractivity (Wildman–Crippen MR) is 91.6 cm³/mol. The van der Waals surface area contributed by atoms with Crippen molar-refractivity contribution in [1.82, 2.24) is 4.90 Å². The number of fused-ring (bicyclic) bond motifs is 3. The molecule has 24 heavy (non-hydrogen) atoms. The lowest BCUT2D eigenvalue weighted by molar-refractivity contribution is -0.129. The zero-order valence-corrected chi connectivity index (χ0v) is 14.3. The Bertz CT molecular complexity index is 920. The molecule has 124 valence electrons. The minimum absolute atomic E-state index is 0.00591. The molecule has 2 heterocycles. The summed E-state index contributed by atoms with van der Waals surface area (Å²) in [4.78, 5) is 14.8. The fraction of sp³-hybridized carbons (Fsp3) is 0.316. The minimum Gasteiger partial charge on any atom is -0.340 e. The number of hydrogen-bond donors (Lipinski definition) is 0. The summed E-state index contributed by atoms with van der Waals surface area (Å²) in [6.45, 7) is 2.78. The third kappa shape index (κ3) is 2.26. The largest absolute Gasteiger partial charge is 0.340 e. The summed E-state index contributed by atoms with van der Waals surface area (Å²) in [6.07, 6.45) is 0.327. The summed E-state index contributed by atoms with van der Waals surface area (Å²) < 4.78 is 25.4. The van der Waals surface area contributed by atoms with Gasteiger partial charge in [-0.05, 0) is 29.7 Å². The van der Waals surface area contributed by atoms with Crippen LogP contribution in [0.25, 0.3) is 0 Å². The average Bonchev–Trinajstić information content (AvgIpc) is 3.10. The van der Waals surface area contributed by atoms with Gasteiger partial charge in [-0.25, -0.2) is 8.42 Å². The van der Waals surface area contributed by atoms with Crippen molar-refractivity contribution < 1.29 is 13.2 Å². The standard InChI is InChI=1S/C19H19NO3S/c1-13-6-2-3-7-14(13)10-19(21)20-11-16-15-8-4-5-9-17(15)24(22,23)18(16)12-20/h2-9,16,18H,10-12H2,1H3. The van der Waals surface area contributed by atoms with Gasteiger partial charge in [0.05, 0.1) is 16.6 Å². The second kappa shape index (κ2) is 5.45. The van der Waals surface area contributed by atoms with Crippen LogP contribution in [0, 0.1) is 6.92 Å². The Balaban J connectivity index is 1.58. The molecule has 0 aromatic heterocycles. The first-order valence-corrected chi connectivity index (χ1v) is 9.68. The van der Waals surface area contributed by atoms with Gasteiger partial charge >= 0.3 is 0 Å². The summed E-state index contributed by atoms with van der Waals surface area (Å²) in [7, 11) is -3.32. The van der Waals surface area contributed by atoms with E-state index in [0.717, 1.165) is 16.7 Å². The number of rotatable bonds is 2. The number of aryl methyl sites for hydroxylation is 1. The van der Waals surface area contributed by atoms with E-state index < -0.39 is 15.1 Å². The van der Waals surface area contributed by atoms with E-state index in [9.17, 15) is 13.2 Å². The molecule has 2 aliphatic rings. The fourth-order valence-electron chi connectivity index (χ4n) is 3.88. The van der Waals surface area contributed by atoms with E-state index in [0.29, 0.717) is 24.4 Å². The SMILES string of the molecule is Cc1ccccc1CC(=O)N1CC2c3ccccc3S(=O)(=O)C2C1. The number of likely N-dealkylation sites (tertiary alicyclic amines) is 1. The summed E-state index contributed by atoms with van der Waals surface area (Å²) in [5.74, 6) is -0.0848. The molecule has 1 amide bonds. The second-order valence-electron chi connectivity index (χ2n) is 6.63. The van der Waals surface area contributed by atoms with Gasteiger partial charge in [0.25, 0.3) is 0 Å². The highest BCUT2D eigenvalue weighted by Crippen LogP contribution is 2.44. The van der Waals surface area contributed by atoms with Gasteiger partial charge in [-0.3, -0.25) is 4.79 Å². The molecule has 2 aliphatic heterocycles. The monoisotopic (exact) mass is 341 g/mol. The Kier molecular flexibility index (Phi) is 3.49. The average molecular weight is 341 g/mol. The van der Waals surface area contributed by atoms with E-state index >= 15 is 0 Å². The van der Waals surface area contributed by atoms with Crippen LogP contribution in [0.2, 0.25) is 0 Å². The molecular formula is C19H19NO3S. The first kappa shape index (κ1) is 15.4. The van der Waals surface area contributed by atoms with Crippen LogP contribution in [0.3, 0.4) is 0 Å². The maximum absolute atomic E-state index is 12.7. The first-order chi connectivity index (χ1) is 11.5. The van der Waals surface area contributed by atoms with Crippen molar-refractivity contribution in [3.8, 4) is 0 Å². The molecule has 0 radical (unpaired) electrons. The van der Waals surface area contributed by atoms with Crippen LogP contribution in [0.1, 0.15) is 22.6 Å². The van der Waals surface area contributed by atoms with Crippen molar-refractivity contribution in [2.24, 2.45) is 0 Å². The van der Waals surface area contributed by atoms with Crippen molar-refractivity contribution in [2.75, 3.05) is 13.1 Å². The van der Waals surface area contributed by atoms with Crippen molar-refractivity contribution in [3.63, 3.8) is 0 Å². The number of amides is 1. The zero-order valence-electron chi connectivity index (χ0n) is 13.5. The van der Waals surface area contributed by atoms with Crippen molar-refractivity contribution in [2.45, 2.75) is 29.4 Å². The van der Waals surface area contributed by atoms with Crippen LogP contribution < -0.4 is 0 Å². The van der Waals surface area contributed by atoms with E-state index in [4.69, 9.17) is 0 Å². The van der Waals surface area contributed by atoms with E-state index in [-0.39, 0.29) is 11.8 Å². The lowest BCUT2D eigenvalue weighted by atomic mass is 9.99. The number of hydrogen-bond acceptors (Lipinski definition) is 3. The molecule has 2 atom stereocenters. The van der Waals surface area contributed by atoms with Gasteiger partial charge < -0.3 is 4.90 Å². The smallest absolute Gasteiger partial charge is 0.227 e. The van der Waals surface area contributed by atoms with Gasteiger partial charge in [-0.2, -0.15) is 0 Å². The van der Waals surface area contributed by atoms with Gasteiger partial charge in [0.2, 0.25) is 5.91 Å². The number of nitrogens with zero attached hydrogens (tertiary/aromatic N) is 1. The van der Waals surface area contributed by atoms with Gasteiger partial charge in [0.15, 0.2) is 9.84 Å². The number of carbonyl (C=O) groups is 1. The van der Waals surface area contributed by atoms with E-state index in [1.165, 1.54) is 0 Å². The minimum atomic E-state index is -3.32. The van der Waals surface area contributed by atoms with Crippen LogP contribution in [0.15, 0.2) is 53.4 Å². The Morgan fingerprint density at radius 3 is 2.58 bits per heavy atom. The van der Waals surface area contributed by atoms with Crippen LogP contribution >= 0.6 is 0 Å². The van der Waals surface area contributed by atoms with Gasteiger partial charge in [-0.15, -0.1) is 0 Å². The van der Waals surface area contributed by atoms with Gasteiger partial charge in [0, 0.05) is 19.0 Å². The van der Waals surface area contributed by atoms with Crippen molar-refractivity contribution in [3.05, 3.63) is 65.2 Å². The molecule has 2 aromatic carbocycles. The lowest BCUT2D eigenvalue weighted by Gasteiger charge is -2.18. The quantitative estimate of drug-likeness (QED) is 0.842. The maximum Gasteiger partial charge on any atom is 0.227 e. The summed E-state index contributed by atoms with van der Waals surface area (Å²) in [6, 6.07) is 15.0. The third-order valence-corrected chi connectivity index (χ3v) is 7.50. The van der Waals surface area contributed by atoms with Crippen LogP contribution in [-0.2, 0) is 21.1 Å². The molecule has 2 unspecified atom stereocenters. The molecule has 1 saturated heterocycles. The van der Waals surface area contributed by atoms with Crippen LogP contribution in [0.5, 0.6) is 0 Å². The zero-order chi connectivity index (χ0) is 16.9. The molecule has 0 bridgehead atoms. The maximum atomic E-state index is 12.7. The highest BCUT2D eigenvalue weighted by molar-refractivity contribution is 7.92. The van der Waals surface area contributed by atoms with E-state index in [1.54, 1.807) is 17.0 Å². The molecular weight excluding hydrogens is 322 g/mol. The Morgan fingerprint density at radius 1 is 1.08 bits per heavy atom. The predicted octanol–water partition coefficient (Wildman–Crippen LogP) is 2.32. The highest BCUT2D eigenvalue weighted by Gasteiger charge is 2.50. The molecule has 2 aromatic rings. The van der Waals surface area contributed by atoms with Gasteiger partial charge in [-0.1, -0.05) is 42.5 Å². The summed E-state index contributed by atoms with van der Waals surface area (Å²) in [5, 5.41) is -0.490. The Morgan fingerprint density at radius 2 is 1.79 bits per heavy atom. The molecule has 1 fully saturated rings. The molecule has 4 rings (SSSR count). The fourth-order valence-corrected chi connectivity index (χ4v) is 6.07. The van der Waals surface area contributed by atoms with Crippen LogP contribution in [0.4, 0.5) is 0 Å². The number of benzene rings is 2. The molecule has 5 heteroatoms. The molecule has 0 aliphatic carbocycles. The van der Waals surface area contributed by atoms with E-state index in [2.05, 4.69) is 0 Å². The van der Waals surface area contributed by atoms with Crippen molar-refractivity contribution in [1.29, 1.82) is 0 Å². The molecule has 0 saturated carbocycles. The topological polar surface area (TPSA) is 54.5 Å². The Labute approximate surface area is 142 Å². The van der Waals surface area contributed by atoms with Crippen LogP contribution in [-0.4, -0.2) is 37.6 Å². The summed E-state index contributed by atoms with van der Waals surface area (Å²) >= 11 is 0.